The summed E-state index contributed by atoms with van der Waals surface area (Å²) in [5.74, 6) is 0.247. The average molecular weight is 195 g/mol. The predicted octanol–water partition coefficient (Wildman–Crippen LogP) is 2.93. The van der Waals surface area contributed by atoms with Crippen molar-refractivity contribution in [2.75, 3.05) is 0 Å². The van der Waals surface area contributed by atoms with Gasteiger partial charge >= 0.3 is 0 Å². The molecule has 0 aliphatic carbocycles. The van der Waals surface area contributed by atoms with Gasteiger partial charge in [0.15, 0.2) is 0 Å². The smallest absolute Gasteiger partial charge is 0.116 e. The van der Waals surface area contributed by atoms with E-state index in [9.17, 15) is 5.11 Å². The van der Waals surface area contributed by atoms with Gasteiger partial charge in [-0.05, 0) is 35.4 Å². The van der Waals surface area contributed by atoms with Crippen LogP contribution in [0.2, 0.25) is 0 Å². The maximum Gasteiger partial charge on any atom is 0.116 e. The van der Waals surface area contributed by atoms with Crippen LogP contribution in [0.15, 0.2) is 48.5 Å². The first-order valence-corrected chi connectivity index (χ1v) is 4.59. The molecule has 0 aliphatic rings. The minimum absolute atomic E-state index is 0.247. The third-order valence-corrected chi connectivity index (χ3v) is 2.19. The van der Waals surface area contributed by atoms with Gasteiger partial charge in [0, 0.05) is 0 Å². The molecule has 0 unspecified atom stereocenters. The number of phenols is 1. The lowest BCUT2D eigenvalue weighted by Gasteiger charge is -2.01. The van der Waals surface area contributed by atoms with Gasteiger partial charge in [0.05, 0.1) is 11.6 Å². The normalized spacial score (nSPS) is 9.53. The van der Waals surface area contributed by atoms with E-state index in [4.69, 9.17) is 5.26 Å². The zero-order chi connectivity index (χ0) is 10.7. The standard InChI is InChI=1S/C13H9NO/c14-9-10-4-6-11(7-5-10)12-2-1-3-13(15)8-12/h1-8,15H. The molecule has 0 aromatic heterocycles. The summed E-state index contributed by atoms with van der Waals surface area (Å²) in [6.45, 7) is 0. The first kappa shape index (κ1) is 9.29. The molecule has 0 atom stereocenters. The largest absolute Gasteiger partial charge is 0.508 e. The second kappa shape index (κ2) is 3.85. The summed E-state index contributed by atoms with van der Waals surface area (Å²) < 4.78 is 0. The quantitative estimate of drug-likeness (QED) is 0.760. The van der Waals surface area contributed by atoms with Gasteiger partial charge in [0.2, 0.25) is 0 Å². The molecule has 2 heteroatoms. The highest BCUT2D eigenvalue weighted by molar-refractivity contribution is 5.65. The van der Waals surface area contributed by atoms with Crippen molar-refractivity contribution in [2.45, 2.75) is 0 Å². The Morgan fingerprint density at radius 2 is 1.67 bits per heavy atom. The van der Waals surface area contributed by atoms with E-state index >= 15 is 0 Å². The zero-order valence-electron chi connectivity index (χ0n) is 8.01. The Morgan fingerprint density at radius 1 is 0.933 bits per heavy atom. The minimum atomic E-state index is 0.247. The van der Waals surface area contributed by atoms with Crippen molar-refractivity contribution in [3.8, 4) is 22.9 Å². The molecule has 0 saturated heterocycles. The second-order valence-corrected chi connectivity index (χ2v) is 3.24. The molecule has 0 aliphatic heterocycles. The first-order valence-electron chi connectivity index (χ1n) is 4.59. The van der Waals surface area contributed by atoms with Crippen LogP contribution < -0.4 is 0 Å². The summed E-state index contributed by atoms with van der Waals surface area (Å²) >= 11 is 0. The molecule has 2 aromatic rings. The van der Waals surface area contributed by atoms with Crippen molar-refractivity contribution in [3.63, 3.8) is 0 Å². The number of benzene rings is 2. The Labute approximate surface area is 88.0 Å². The predicted molar refractivity (Wildman–Crippen MR) is 58.3 cm³/mol. The van der Waals surface area contributed by atoms with Gasteiger partial charge in [-0.15, -0.1) is 0 Å². The summed E-state index contributed by atoms with van der Waals surface area (Å²) in [4.78, 5) is 0. The lowest BCUT2D eigenvalue weighted by atomic mass is 10.0. The number of hydrogen-bond acceptors (Lipinski definition) is 2. The molecular weight excluding hydrogens is 186 g/mol. The molecule has 72 valence electrons. The number of rotatable bonds is 1. The fraction of sp³-hybridized carbons (Fsp3) is 0. The van der Waals surface area contributed by atoms with Crippen molar-refractivity contribution in [3.05, 3.63) is 54.1 Å². The highest BCUT2D eigenvalue weighted by Crippen LogP contribution is 2.23. The highest BCUT2D eigenvalue weighted by Gasteiger charge is 1.98. The first-order chi connectivity index (χ1) is 7.29. The monoisotopic (exact) mass is 195 g/mol. The minimum Gasteiger partial charge on any atom is -0.508 e. The maximum absolute atomic E-state index is 9.32. The Kier molecular flexibility index (Phi) is 2.38. The second-order valence-electron chi connectivity index (χ2n) is 3.24. The van der Waals surface area contributed by atoms with Gasteiger partial charge in [0.25, 0.3) is 0 Å². The van der Waals surface area contributed by atoms with Gasteiger partial charge < -0.3 is 5.11 Å². The third kappa shape index (κ3) is 1.97. The van der Waals surface area contributed by atoms with Crippen LogP contribution in [-0.2, 0) is 0 Å². The molecule has 0 amide bonds. The van der Waals surface area contributed by atoms with E-state index in [-0.39, 0.29) is 5.75 Å². The third-order valence-electron chi connectivity index (χ3n) is 2.19. The molecule has 0 bridgehead atoms. The number of nitrogens with zero attached hydrogens (tertiary/aromatic N) is 1. The lowest BCUT2D eigenvalue weighted by molar-refractivity contribution is 0.475. The summed E-state index contributed by atoms with van der Waals surface area (Å²) in [7, 11) is 0. The van der Waals surface area contributed by atoms with Crippen LogP contribution in [0.25, 0.3) is 11.1 Å². The van der Waals surface area contributed by atoms with Crippen LogP contribution in [-0.4, -0.2) is 5.11 Å². The van der Waals surface area contributed by atoms with E-state index in [0.717, 1.165) is 11.1 Å². The van der Waals surface area contributed by atoms with Crippen LogP contribution in [0.1, 0.15) is 5.56 Å². The average Bonchev–Trinajstić information content (AvgIpc) is 2.29. The summed E-state index contributed by atoms with van der Waals surface area (Å²) in [6, 6.07) is 16.4. The van der Waals surface area contributed by atoms with Crippen molar-refractivity contribution in [1.29, 1.82) is 5.26 Å². The number of aromatic hydroxyl groups is 1. The molecule has 2 nitrogen and oxygen atoms in total. The summed E-state index contributed by atoms with van der Waals surface area (Å²) in [5, 5.41) is 18.0. The molecule has 0 radical (unpaired) electrons. The molecule has 0 spiro atoms. The topological polar surface area (TPSA) is 44.0 Å². The van der Waals surface area contributed by atoms with Crippen LogP contribution in [0.5, 0.6) is 5.75 Å². The number of nitriles is 1. The molecule has 2 aromatic carbocycles. The molecule has 0 fully saturated rings. The van der Waals surface area contributed by atoms with Crippen LogP contribution in [0.4, 0.5) is 0 Å². The van der Waals surface area contributed by atoms with E-state index in [0.29, 0.717) is 5.56 Å². The Morgan fingerprint density at radius 3 is 2.27 bits per heavy atom. The van der Waals surface area contributed by atoms with Gasteiger partial charge in [0.1, 0.15) is 5.75 Å². The molecule has 1 N–H and O–H groups in total. The molecule has 0 heterocycles. The molecular formula is C13H9NO. The van der Waals surface area contributed by atoms with Gasteiger partial charge in [-0.3, -0.25) is 0 Å². The van der Waals surface area contributed by atoms with Gasteiger partial charge in [-0.25, -0.2) is 0 Å². The van der Waals surface area contributed by atoms with Crippen LogP contribution in [0.3, 0.4) is 0 Å². The van der Waals surface area contributed by atoms with Crippen LogP contribution >= 0.6 is 0 Å². The maximum atomic E-state index is 9.32. The van der Waals surface area contributed by atoms with Crippen molar-refractivity contribution in [2.24, 2.45) is 0 Å². The summed E-state index contributed by atoms with van der Waals surface area (Å²) in [6.07, 6.45) is 0. The fourth-order valence-electron chi connectivity index (χ4n) is 1.42. The Hall–Kier alpha value is -2.27. The fourth-order valence-corrected chi connectivity index (χ4v) is 1.42. The molecule has 0 saturated carbocycles. The molecule has 2 rings (SSSR count). The Bertz CT molecular complexity index is 509. The van der Waals surface area contributed by atoms with E-state index in [1.54, 1.807) is 30.3 Å². The van der Waals surface area contributed by atoms with E-state index in [1.807, 2.05) is 18.2 Å². The van der Waals surface area contributed by atoms with Crippen molar-refractivity contribution < 1.29 is 5.11 Å². The van der Waals surface area contributed by atoms with Crippen molar-refractivity contribution in [1.82, 2.24) is 0 Å². The van der Waals surface area contributed by atoms with Crippen molar-refractivity contribution >= 4 is 0 Å². The lowest BCUT2D eigenvalue weighted by Crippen LogP contribution is -1.78. The van der Waals surface area contributed by atoms with E-state index < -0.39 is 0 Å². The zero-order valence-corrected chi connectivity index (χ0v) is 8.01. The van der Waals surface area contributed by atoms with E-state index in [1.165, 1.54) is 0 Å². The van der Waals surface area contributed by atoms with Gasteiger partial charge in [-0.1, -0.05) is 24.3 Å². The summed E-state index contributed by atoms with van der Waals surface area (Å²) in [5.41, 5.74) is 2.57. The van der Waals surface area contributed by atoms with E-state index in [2.05, 4.69) is 6.07 Å². The highest BCUT2D eigenvalue weighted by atomic mass is 16.3. The number of hydrogen-bond donors (Lipinski definition) is 1. The van der Waals surface area contributed by atoms with Gasteiger partial charge in [-0.2, -0.15) is 5.26 Å². The molecule has 15 heavy (non-hydrogen) atoms. The Balaban J connectivity index is 2.42. The number of phenolic OH excluding ortho intramolecular Hbond substituents is 1. The van der Waals surface area contributed by atoms with Crippen LogP contribution in [0, 0.1) is 11.3 Å². The SMILES string of the molecule is N#Cc1ccc(-c2cccc(O)c2)cc1.